The van der Waals surface area contributed by atoms with Crippen LogP contribution in [0.2, 0.25) is 0 Å². The van der Waals surface area contributed by atoms with Crippen molar-refractivity contribution in [2.45, 2.75) is 31.2 Å². The summed E-state index contributed by atoms with van der Waals surface area (Å²) in [7, 11) is 2.02. The normalized spacial score (nSPS) is 22.0. The van der Waals surface area contributed by atoms with Gasteiger partial charge in [-0.2, -0.15) is 10.2 Å². The lowest BCUT2D eigenvalue weighted by Crippen LogP contribution is -2.35. The topological polar surface area (TPSA) is 127 Å². The summed E-state index contributed by atoms with van der Waals surface area (Å²) in [5.74, 6) is 1.35. The van der Waals surface area contributed by atoms with Gasteiger partial charge in [0, 0.05) is 55.8 Å². The Morgan fingerprint density at radius 3 is 3.06 bits per heavy atom. The zero-order valence-electron chi connectivity index (χ0n) is 17.6. The molecule has 0 bridgehead atoms. The lowest BCUT2D eigenvalue weighted by Gasteiger charge is -2.28. The van der Waals surface area contributed by atoms with Gasteiger partial charge in [0.25, 0.3) is 0 Å². The summed E-state index contributed by atoms with van der Waals surface area (Å²) in [6, 6.07) is 4.33. The van der Waals surface area contributed by atoms with Gasteiger partial charge in [0.1, 0.15) is 11.7 Å². The molecule has 1 saturated heterocycles. The molecule has 2 aliphatic carbocycles. The zero-order chi connectivity index (χ0) is 21.8. The Balaban J connectivity index is 1.16. The molecule has 0 spiro atoms. The Morgan fingerprint density at radius 1 is 1.41 bits per heavy atom. The first kappa shape index (κ1) is 18.9. The summed E-state index contributed by atoms with van der Waals surface area (Å²) >= 11 is 0. The van der Waals surface area contributed by atoms with Crippen molar-refractivity contribution in [3.05, 3.63) is 41.5 Å². The van der Waals surface area contributed by atoms with Gasteiger partial charge < -0.3 is 19.3 Å². The number of nitriles is 1. The van der Waals surface area contributed by atoms with Crippen LogP contribution in [-0.2, 0) is 0 Å². The minimum Gasteiger partial charge on any atom is -0.366 e. The third-order valence-corrected chi connectivity index (χ3v) is 6.69. The van der Waals surface area contributed by atoms with Crippen LogP contribution in [0.4, 0.5) is 16.5 Å². The number of nitrogens with one attached hydrogen (secondary N) is 2. The Labute approximate surface area is 183 Å². The zero-order valence-corrected chi connectivity index (χ0v) is 17.6. The number of hydrogen-bond acceptors (Lipinski definition) is 7. The predicted octanol–water partition coefficient (Wildman–Crippen LogP) is 2.99. The van der Waals surface area contributed by atoms with Crippen LogP contribution in [0.25, 0.3) is 11.0 Å². The number of carbonyl (C=O) groups is 1. The predicted molar refractivity (Wildman–Crippen MR) is 116 cm³/mol. The van der Waals surface area contributed by atoms with Crippen molar-refractivity contribution in [1.29, 1.82) is 5.26 Å². The molecule has 32 heavy (non-hydrogen) atoms. The number of likely N-dealkylation sites (tertiary alicyclic amines) is 1. The van der Waals surface area contributed by atoms with E-state index in [-0.39, 0.29) is 18.1 Å². The molecular weight excluding hydrogens is 408 g/mol. The van der Waals surface area contributed by atoms with Crippen LogP contribution in [0.1, 0.15) is 36.6 Å². The van der Waals surface area contributed by atoms with Gasteiger partial charge >= 0.3 is 12.0 Å². The fourth-order valence-corrected chi connectivity index (χ4v) is 4.83. The van der Waals surface area contributed by atoms with Gasteiger partial charge in [0.15, 0.2) is 5.82 Å². The van der Waals surface area contributed by atoms with E-state index in [0.717, 1.165) is 36.0 Å². The molecule has 2 amide bonds. The minimum absolute atomic E-state index is 0.157. The number of likely N-dealkylation sites (N-methyl/N-ethyl adjacent to an activating group) is 1. The van der Waals surface area contributed by atoms with Gasteiger partial charge in [0.2, 0.25) is 0 Å². The molecule has 3 aromatic heterocycles. The molecule has 0 radical (unpaired) electrons. The van der Waals surface area contributed by atoms with Crippen molar-refractivity contribution in [3.8, 4) is 6.07 Å². The van der Waals surface area contributed by atoms with E-state index in [2.05, 4.69) is 42.5 Å². The third kappa shape index (κ3) is 3.09. The molecule has 6 rings (SSSR count). The molecule has 2 atom stereocenters. The van der Waals surface area contributed by atoms with E-state index >= 15 is 0 Å². The summed E-state index contributed by atoms with van der Waals surface area (Å²) in [4.78, 5) is 28.3. The van der Waals surface area contributed by atoms with Crippen LogP contribution < -0.4 is 10.2 Å². The number of hydrogen-bond donors (Lipinski definition) is 2. The number of aromatic nitrogens is 4. The van der Waals surface area contributed by atoms with E-state index in [1.165, 1.54) is 5.57 Å². The van der Waals surface area contributed by atoms with E-state index in [0.29, 0.717) is 36.3 Å². The monoisotopic (exact) mass is 430 g/mol. The molecule has 3 aromatic rings. The van der Waals surface area contributed by atoms with Gasteiger partial charge in [0.05, 0.1) is 11.3 Å². The Morgan fingerprint density at radius 2 is 2.28 bits per heavy atom. The standard InChI is InChI=1S/C22H22N8O2/c1-29(18-15(8-23)9-25-20-17(18)4-5-24-20)16-6-13-10-30(11-14(13)7-16)22(31)27-21-26-19(28-32-21)12-2-3-12/h4-6,9,12,14,16H,2-3,7,10-11H2,1H3,(H,24,25)(H,26,27,28,31). The highest BCUT2D eigenvalue weighted by Crippen LogP contribution is 2.40. The molecule has 0 aromatic carbocycles. The molecule has 2 fully saturated rings. The van der Waals surface area contributed by atoms with Gasteiger partial charge in [-0.3, -0.25) is 5.32 Å². The van der Waals surface area contributed by atoms with Crippen LogP contribution >= 0.6 is 0 Å². The van der Waals surface area contributed by atoms with Crippen molar-refractivity contribution in [1.82, 2.24) is 25.0 Å². The molecule has 2 N–H and O–H groups in total. The summed E-state index contributed by atoms with van der Waals surface area (Å²) in [6.45, 7) is 1.22. The van der Waals surface area contributed by atoms with Crippen molar-refractivity contribution in [2.75, 3.05) is 30.4 Å². The van der Waals surface area contributed by atoms with E-state index in [4.69, 9.17) is 4.52 Å². The second-order valence-electron chi connectivity index (χ2n) is 8.77. The average Bonchev–Trinajstić information content (AvgIpc) is 3.17. The molecule has 10 nitrogen and oxygen atoms in total. The lowest BCUT2D eigenvalue weighted by molar-refractivity contribution is 0.219. The fourth-order valence-electron chi connectivity index (χ4n) is 4.83. The number of aromatic amines is 1. The molecule has 10 heteroatoms. The lowest BCUT2D eigenvalue weighted by atomic mass is 10.0. The van der Waals surface area contributed by atoms with E-state index in [1.807, 2.05) is 19.3 Å². The number of urea groups is 1. The highest BCUT2D eigenvalue weighted by molar-refractivity contribution is 5.93. The highest BCUT2D eigenvalue weighted by atomic mass is 16.5. The number of rotatable bonds is 4. The van der Waals surface area contributed by atoms with Crippen LogP contribution in [0, 0.1) is 17.2 Å². The van der Waals surface area contributed by atoms with Gasteiger partial charge in [-0.1, -0.05) is 11.2 Å². The van der Waals surface area contributed by atoms with Crippen molar-refractivity contribution >= 4 is 28.8 Å². The van der Waals surface area contributed by atoms with Gasteiger partial charge in [-0.25, -0.2) is 9.78 Å². The number of H-pyrrole nitrogens is 1. The van der Waals surface area contributed by atoms with Crippen LogP contribution in [0.15, 0.2) is 34.6 Å². The Bertz CT molecular complexity index is 1280. The van der Waals surface area contributed by atoms with Gasteiger partial charge in [-0.15, -0.1) is 0 Å². The maximum absolute atomic E-state index is 12.7. The number of pyridine rings is 1. The van der Waals surface area contributed by atoms with Gasteiger partial charge in [-0.05, 0) is 30.9 Å². The molecule has 3 aliphatic rings. The molecular formula is C22H22N8O2. The average molecular weight is 430 g/mol. The third-order valence-electron chi connectivity index (χ3n) is 6.69. The number of carbonyl (C=O) groups excluding carboxylic acids is 1. The Kier molecular flexibility index (Phi) is 4.18. The largest absolute Gasteiger partial charge is 0.366 e. The second kappa shape index (κ2) is 7.09. The van der Waals surface area contributed by atoms with Crippen molar-refractivity contribution < 1.29 is 9.32 Å². The number of fused-ring (bicyclic) bond motifs is 2. The molecule has 4 heterocycles. The molecule has 1 aliphatic heterocycles. The van der Waals surface area contributed by atoms with Crippen molar-refractivity contribution in [3.63, 3.8) is 0 Å². The quantitative estimate of drug-likeness (QED) is 0.609. The first-order valence-corrected chi connectivity index (χ1v) is 10.8. The molecule has 2 unspecified atom stereocenters. The highest BCUT2D eigenvalue weighted by Gasteiger charge is 2.38. The summed E-state index contributed by atoms with van der Waals surface area (Å²) in [5, 5.41) is 17.2. The maximum Gasteiger partial charge on any atom is 0.329 e. The van der Waals surface area contributed by atoms with E-state index < -0.39 is 0 Å². The minimum atomic E-state index is -0.217. The van der Waals surface area contributed by atoms with Crippen LogP contribution in [0.3, 0.4) is 0 Å². The summed E-state index contributed by atoms with van der Waals surface area (Å²) < 4.78 is 5.16. The first-order valence-electron chi connectivity index (χ1n) is 10.8. The van der Waals surface area contributed by atoms with E-state index in [1.54, 1.807) is 11.1 Å². The maximum atomic E-state index is 12.7. The molecule has 162 valence electrons. The van der Waals surface area contributed by atoms with E-state index in [9.17, 15) is 10.1 Å². The summed E-state index contributed by atoms with van der Waals surface area (Å²) in [6.07, 6.45) is 8.74. The van der Waals surface area contributed by atoms with Crippen molar-refractivity contribution in [2.24, 2.45) is 5.92 Å². The number of amides is 2. The number of nitrogens with zero attached hydrogens (tertiary/aromatic N) is 6. The fraction of sp³-hybridized carbons (Fsp3) is 0.409. The SMILES string of the molecule is CN(c1c(C#N)cnc2[nH]ccc12)C1C=C2CN(C(=O)Nc3nc(C4CC4)no3)CC2C1. The van der Waals surface area contributed by atoms with Crippen LogP contribution in [-0.4, -0.2) is 57.2 Å². The molecule has 1 saturated carbocycles. The Hall–Kier alpha value is -3.87. The van der Waals surface area contributed by atoms with Crippen LogP contribution in [0.5, 0.6) is 0 Å². The summed E-state index contributed by atoms with van der Waals surface area (Å²) in [5.41, 5.74) is 3.46. The first-order chi connectivity index (χ1) is 15.6. The second-order valence-corrected chi connectivity index (χ2v) is 8.77. The smallest absolute Gasteiger partial charge is 0.329 e. The number of anilines is 2.